The van der Waals surface area contributed by atoms with Crippen molar-refractivity contribution in [2.75, 3.05) is 5.32 Å². The minimum atomic E-state index is -0.517. The molecular weight excluding hydrogens is 392 g/mol. The monoisotopic (exact) mass is 416 g/mol. The van der Waals surface area contributed by atoms with Crippen LogP contribution in [0, 0.1) is 17.3 Å². The maximum absolute atomic E-state index is 12.8. The third-order valence-electron chi connectivity index (χ3n) is 6.78. The van der Waals surface area contributed by atoms with Crippen LogP contribution in [0.2, 0.25) is 5.02 Å². The Morgan fingerprint density at radius 1 is 1.21 bits per heavy atom. The summed E-state index contributed by atoms with van der Waals surface area (Å²) in [6, 6.07) is 7.80. The van der Waals surface area contributed by atoms with E-state index in [4.69, 9.17) is 11.6 Å². The van der Waals surface area contributed by atoms with Gasteiger partial charge in [-0.3, -0.25) is 4.79 Å². The minimum absolute atomic E-state index is 0.00763. The molecule has 4 bridgehead atoms. The Hall–Kier alpha value is -1.43. The normalized spacial score (nSPS) is 33.2. The highest BCUT2D eigenvalue weighted by molar-refractivity contribution is 7.15. The van der Waals surface area contributed by atoms with Crippen LogP contribution in [-0.2, 0) is 11.2 Å². The molecule has 1 heterocycles. The first-order chi connectivity index (χ1) is 13.4. The summed E-state index contributed by atoms with van der Waals surface area (Å²) >= 11 is 7.47. The van der Waals surface area contributed by atoms with Gasteiger partial charge in [-0.05, 0) is 73.5 Å². The lowest BCUT2D eigenvalue weighted by molar-refractivity contribution is -0.167. The molecule has 4 nitrogen and oxygen atoms in total. The Balaban J connectivity index is 1.22. The summed E-state index contributed by atoms with van der Waals surface area (Å²) in [7, 11) is 0. The van der Waals surface area contributed by atoms with Crippen LogP contribution in [0.25, 0.3) is 0 Å². The average Bonchev–Trinajstić information content (AvgIpc) is 3.01. The second-order valence-corrected chi connectivity index (χ2v) is 10.9. The fraction of sp³-hybridized carbons (Fsp3) is 0.545. The zero-order valence-electron chi connectivity index (χ0n) is 15.8. The van der Waals surface area contributed by atoms with Gasteiger partial charge in [-0.25, -0.2) is 4.98 Å². The average molecular weight is 417 g/mol. The lowest BCUT2D eigenvalue weighted by Gasteiger charge is -2.60. The number of rotatable bonds is 5. The number of carbonyl (C=O) groups excluding carboxylic acids is 1. The molecule has 4 aliphatic rings. The molecule has 2 N–H and O–H groups in total. The van der Waals surface area contributed by atoms with E-state index in [1.165, 1.54) is 23.3 Å². The summed E-state index contributed by atoms with van der Waals surface area (Å²) in [5.41, 5.74) is 0.650. The SMILES string of the molecule is O=C(CC12CC3CC(CC(O)(C3)C1)C2)Nc1ncc(Cc2ccc(Cl)cc2)s1. The van der Waals surface area contributed by atoms with E-state index in [-0.39, 0.29) is 11.3 Å². The molecule has 0 spiro atoms. The van der Waals surface area contributed by atoms with Crippen molar-refractivity contribution in [3.05, 3.63) is 45.9 Å². The highest BCUT2D eigenvalue weighted by Gasteiger charge is 2.57. The van der Waals surface area contributed by atoms with Gasteiger partial charge < -0.3 is 10.4 Å². The smallest absolute Gasteiger partial charge is 0.226 e. The van der Waals surface area contributed by atoms with Gasteiger partial charge in [-0.15, -0.1) is 11.3 Å². The maximum Gasteiger partial charge on any atom is 0.226 e. The molecule has 6 rings (SSSR count). The second kappa shape index (κ2) is 6.82. The summed E-state index contributed by atoms with van der Waals surface area (Å²) in [5, 5.41) is 15.3. The highest BCUT2D eigenvalue weighted by atomic mass is 35.5. The molecule has 4 aliphatic carbocycles. The molecule has 4 saturated carbocycles. The van der Waals surface area contributed by atoms with E-state index in [1.807, 2.05) is 30.5 Å². The third-order valence-corrected chi connectivity index (χ3v) is 7.94. The van der Waals surface area contributed by atoms with Crippen LogP contribution in [0.4, 0.5) is 5.13 Å². The predicted molar refractivity (Wildman–Crippen MR) is 112 cm³/mol. The molecule has 4 fully saturated rings. The summed E-state index contributed by atoms with van der Waals surface area (Å²) in [4.78, 5) is 18.3. The number of nitrogens with zero attached hydrogens (tertiary/aromatic N) is 1. The number of halogens is 1. The first-order valence-corrected chi connectivity index (χ1v) is 11.3. The largest absolute Gasteiger partial charge is 0.390 e. The number of aliphatic hydroxyl groups is 1. The predicted octanol–water partition coefficient (Wildman–Crippen LogP) is 5.05. The fourth-order valence-electron chi connectivity index (χ4n) is 6.36. The summed E-state index contributed by atoms with van der Waals surface area (Å²) < 4.78 is 0. The van der Waals surface area contributed by atoms with Crippen molar-refractivity contribution in [3.63, 3.8) is 0 Å². The number of anilines is 1. The van der Waals surface area contributed by atoms with Crippen LogP contribution >= 0.6 is 22.9 Å². The Morgan fingerprint density at radius 2 is 1.93 bits per heavy atom. The number of hydrogen-bond donors (Lipinski definition) is 2. The summed E-state index contributed by atoms with van der Waals surface area (Å²) in [6.07, 6.45) is 9.23. The van der Waals surface area contributed by atoms with Crippen molar-refractivity contribution in [2.45, 2.75) is 57.0 Å². The molecule has 0 radical (unpaired) electrons. The Bertz CT molecular complexity index is 880. The highest BCUT2D eigenvalue weighted by Crippen LogP contribution is 2.62. The molecule has 0 aliphatic heterocycles. The molecule has 1 aromatic heterocycles. The van der Waals surface area contributed by atoms with Crippen molar-refractivity contribution >= 4 is 34.0 Å². The molecule has 2 aromatic rings. The first-order valence-electron chi connectivity index (χ1n) is 10.1. The minimum Gasteiger partial charge on any atom is -0.390 e. The van der Waals surface area contributed by atoms with Crippen molar-refractivity contribution in [1.82, 2.24) is 4.98 Å². The topological polar surface area (TPSA) is 62.2 Å². The van der Waals surface area contributed by atoms with Gasteiger partial charge in [0.05, 0.1) is 5.60 Å². The van der Waals surface area contributed by atoms with Crippen molar-refractivity contribution in [2.24, 2.45) is 17.3 Å². The molecule has 0 saturated heterocycles. The second-order valence-electron chi connectivity index (χ2n) is 9.35. The number of thiazole rings is 1. The molecule has 2 atom stereocenters. The van der Waals surface area contributed by atoms with E-state index in [2.05, 4.69) is 10.3 Å². The standard InChI is InChI=1S/C22H25ClN2O2S/c23-17-3-1-14(2-4-17)6-18-12-24-20(28-18)25-19(26)11-21-7-15-5-16(8-21)10-22(27,9-15)13-21/h1-4,12,15-16,27H,5-11,13H2,(H,24,25,26). The van der Waals surface area contributed by atoms with Crippen LogP contribution in [0.1, 0.15) is 55.4 Å². The van der Waals surface area contributed by atoms with Gasteiger partial charge in [0.25, 0.3) is 0 Å². The number of amides is 1. The van der Waals surface area contributed by atoms with Crippen molar-refractivity contribution < 1.29 is 9.90 Å². The zero-order valence-corrected chi connectivity index (χ0v) is 17.4. The Labute approximate surface area is 174 Å². The molecule has 1 aromatic carbocycles. The van der Waals surface area contributed by atoms with E-state index in [1.54, 1.807) is 0 Å². The van der Waals surface area contributed by atoms with E-state index in [0.717, 1.165) is 48.4 Å². The van der Waals surface area contributed by atoms with Crippen LogP contribution in [0.15, 0.2) is 30.5 Å². The van der Waals surface area contributed by atoms with Gasteiger partial charge >= 0.3 is 0 Å². The van der Waals surface area contributed by atoms with E-state index in [0.29, 0.717) is 23.4 Å². The number of hydrogen-bond acceptors (Lipinski definition) is 4. The maximum atomic E-state index is 12.8. The van der Waals surface area contributed by atoms with Crippen molar-refractivity contribution in [1.29, 1.82) is 0 Å². The van der Waals surface area contributed by atoms with Crippen molar-refractivity contribution in [3.8, 4) is 0 Å². The number of nitrogens with one attached hydrogen (secondary N) is 1. The molecule has 2 unspecified atom stereocenters. The van der Waals surface area contributed by atoms with Crippen LogP contribution < -0.4 is 5.32 Å². The summed E-state index contributed by atoms with van der Waals surface area (Å²) in [5.74, 6) is 1.24. The molecule has 28 heavy (non-hydrogen) atoms. The van der Waals surface area contributed by atoms with E-state index >= 15 is 0 Å². The van der Waals surface area contributed by atoms with Crippen LogP contribution in [-0.4, -0.2) is 21.6 Å². The van der Waals surface area contributed by atoms with Gasteiger partial charge in [0.15, 0.2) is 5.13 Å². The van der Waals surface area contributed by atoms with E-state index in [9.17, 15) is 9.90 Å². The Kier molecular flexibility index (Phi) is 4.53. The number of aromatic nitrogens is 1. The van der Waals surface area contributed by atoms with E-state index < -0.39 is 5.60 Å². The molecule has 1 amide bonds. The lowest BCUT2D eigenvalue weighted by Crippen LogP contribution is -2.56. The number of carbonyl (C=O) groups is 1. The summed E-state index contributed by atoms with van der Waals surface area (Å²) in [6.45, 7) is 0. The molecule has 148 valence electrons. The van der Waals surface area contributed by atoms with Gasteiger partial charge in [0.2, 0.25) is 5.91 Å². The fourth-order valence-corrected chi connectivity index (χ4v) is 7.35. The lowest BCUT2D eigenvalue weighted by atomic mass is 9.47. The van der Waals surface area contributed by atoms with Gasteiger partial charge in [0.1, 0.15) is 0 Å². The van der Waals surface area contributed by atoms with Gasteiger partial charge in [0, 0.05) is 28.9 Å². The van der Waals surface area contributed by atoms with Gasteiger partial charge in [-0.1, -0.05) is 23.7 Å². The number of benzene rings is 1. The molecular formula is C22H25ClN2O2S. The van der Waals surface area contributed by atoms with Gasteiger partial charge in [-0.2, -0.15) is 0 Å². The molecule has 6 heteroatoms. The van der Waals surface area contributed by atoms with Crippen LogP contribution in [0.5, 0.6) is 0 Å². The Morgan fingerprint density at radius 3 is 2.61 bits per heavy atom. The quantitative estimate of drug-likeness (QED) is 0.717. The first kappa shape index (κ1) is 18.6. The third kappa shape index (κ3) is 3.72. The zero-order chi connectivity index (χ0) is 19.4. The van der Waals surface area contributed by atoms with Crippen LogP contribution in [0.3, 0.4) is 0 Å².